The molecule has 0 atom stereocenters. The maximum absolute atomic E-state index is 11.2. The van der Waals surface area contributed by atoms with Crippen LogP contribution in [0.1, 0.15) is 5.56 Å². The van der Waals surface area contributed by atoms with Crippen LogP contribution in [0.3, 0.4) is 0 Å². The minimum atomic E-state index is -0.552. The lowest BCUT2D eigenvalue weighted by Gasteiger charge is -2.00. The fourth-order valence-corrected chi connectivity index (χ4v) is 2.78. The number of nitriles is 1. The highest BCUT2D eigenvalue weighted by Crippen LogP contribution is 2.35. The SMILES string of the molecule is COc1ccc(-c2nnc(Sc3ccc(C#N)cc3[N+](=O)[O-])o2)cc1. The molecule has 25 heavy (non-hydrogen) atoms. The van der Waals surface area contributed by atoms with Crippen molar-refractivity contribution in [2.45, 2.75) is 10.1 Å². The van der Waals surface area contributed by atoms with Crippen LogP contribution in [0, 0.1) is 21.4 Å². The molecule has 2 aromatic carbocycles. The van der Waals surface area contributed by atoms with Gasteiger partial charge >= 0.3 is 0 Å². The summed E-state index contributed by atoms with van der Waals surface area (Å²) in [6.07, 6.45) is 0. The van der Waals surface area contributed by atoms with E-state index < -0.39 is 4.92 Å². The number of nitro groups is 1. The van der Waals surface area contributed by atoms with Gasteiger partial charge in [-0.2, -0.15) is 5.26 Å². The number of nitrogens with zero attached hydrogens (tertiary/aromatic N) is 4. The quantitative estimate of drug-likeness (QED) is 0.503. The van der Waals surface area contributed by atoms with Crippen LogP contribution < -0.4 is 4.74 Å². The molecule has 0 aliphatic carbocycles. The number of nitro benzene ring substituents is 1. The Hall–Kier alpha value is -3.38. The van der Waals surface area contributed by atoms with Gasteiger partial charge in [0.1, 0.15) is 5.75 Å². The van der Waals surface area contributed by atoms with Gasteiger partial charge in [-0.3, -0.25) is 10.1 Å². The summed E-state index contributed by atoms with van der Waals surface area (Å²) < 4.78 is 10.6. The lowest BCUT2D eigenvalue weighted by molar-refractivity contribution is -0.387. The van der Waals surface area contributed by atoms with E-state index in [9.17, 15) is 10.1 Å². The van der Waals surface area contributed by atoms with Gasteiger partial charge < -0.3 is 9.15 Å². The molecule has 124 valence electrons. The third-order valence-electron chi connectivity index (χ3n) is 3.23. The molecule has 0 fully saturated rings. The normalized spacial score (nSPS) is 10.2. The molecule has 0 saturated carbocycles. The Morgan fingerprint density at radius 1 is 1.24 bits per heavy atom. The van der Waals surface area contributed by atoms with Crippen molar-refractivity contribution in [1.29, 1.82) is 5.26 Å². The minimum Gasteiger partial charge on any atom is -0.497 e. The van der Waals surface area contributed by atoms with Crippen LogP contribution in [0.15, 0.2) is 57.0 Å². The summed E-state index contributed by atoms with van der Waals surface area (Å²) in [5.41, 5.74) is 0.725. The monoisotopic (exact) mass is 354 g/mol. The molecule has 0 bridgehead atoms. The molecule has 3 rings (SSSR count). The Kier molecular flexibility index (Phi) is 4.63. The van der Waals surface area contributed by atoms with Crippen molar-refractivity contribution in [2.75, 3.05) is 7.11 Å². The molecule has 8 nitrogen and oxygen atoms in total. The standard InChI is InChI=1S/C16H10N4O4S/c1-23-12-5-3-11(4-6-12)15-18-19-16(24-15)25-14-7-2-10(9-17)8-13(14)20(21)22/h2-8H,1H3. The minimum absolute atomic E-state index is 0.165. The Bertz CT molecular complexity index is 963. The lowest BCUT2D eigenvalue weighted by Crippen LogP contribution is -1.92. The molecule has 1 aromatic heterocycles. The van der Waals surface area contributed by atoms with Crippen molar-refractivity contribution in [3.63, 3.8) is 0 Å². The number of benzene rings is 2. The zero-order chi connectivity index (χ0) is 17.8. The average molecular weight is 354 g/mol. The van der Waals surface area contributed by atoms with E-state index in [0.29, 0.717) is 22.1 Å². The smallest absolute Gasteiger partial charge is 0.284 e. The lowest BCUT2D eigenvalue weighted by atomic mass is 10.2. The van der Waals surface area contributed by atoms with E-state index in [4.69, 9.17) is 14.4 Å². The largest absolute Gasteiger partial charge is 0.497 e. The van der Waals surface area contributed by atoms with Gasteiger partial charge in [-0.25, -0.2) is 0 Å². The maximum atomic E-state index is 11.2. The number of ether oxygens (including phenoxy) is 1. The van der Waals surface area contributed by atoms with Gasteiger partial charge in [-0.05, 0) is 48.2 Å². The summed E-state index contributed by atoms with van der Waals surface area (Å²) in [5, 5.41) is 28.0. The molecular formula is C16H10N4O4S. The fourth-order valence-electron chi connectivity index (χ4n) is 2.01. The molecule has 0 aliphatic heterocycles. The Morgan fingerprint density at radius 3 is 2.64 bits per heavy atom. The number of aromatic nitrogens is 2. The highest BCUT2D eigenvalue weighted by molar-refractivity contribution is 7.99. The van der Waals surface area contributed by atoms with E-state index in [1.165, 1.54) is 18.2 Å². The van der Waals surface area contributed by atoms with E-state index in [0.717, 1.165) is 11.8 Å². The van der Waals surface area contributed by atoms with Crippen LogP contribution >= 0.6 is 11.8 Å². The van der Waals surface area contributed by atoms with Gasteiger partial charge in [-0.15, -0.1) is 10.2 Å². The number of rotatable bonds is 5. The molecule has 0 aliphatic rings. The molecule has 0 unspecified atom stereocenters. The highest BCUT2D eigenvalue weighted by atomic mass is 32.2. The zero-order valence-electron chi connectivity index (χ0n) is 12.9. The van der Waals surface area contributed by atoms with Crippen molar-refractivity contribution >= 4 is 17.4 Å². The molecule has 9 heteroatoms. The van der Waals surface area contributed by atoms with Crippen molar-refractivity contribution in [3.05, 3.63) is 58.1 Å². The molecular weight excluding hydrogens is 344 g/mol. The van der Waals surface area contributed by atoms with Gasteiger partial charge in [0.05, 0.1) is 28.6 Å². The molecule has 0 spiro atoms. The van der Waals surface area contributed by atoms with Crippen LogP contribution in [0.25, 0.3) is 11.5 Å². The first-order chi connectivity index (χ1) is 12.1. The van der Waals surface area contributed by atoms with Crippen LogP contribution in [0.2, 0.25) is 0 Å². The van der Waals surface area contributed by atoms with Crippen LogP contribution in [-0.4, -0.2) is 22.2 Å². The van der Waals surface area contributed by atoms with Crippen LogP contribution in [-0.2, 0) is 0 Å². The number of hydrogen-bond acceptors (Lipinski definition) is 8. The van der Waals surface area contributed by atoms with Crippen molar-refractivity contribution in [3.8, 4) is 23.3 Å². The third kappa shape index (κ3) is 3.59. The molecule has 0 saturated heterocycles. The fraction of sp³-hybridized carbons (Fsp3) is 0.0625. The third-order valence-corrected chi connectivity index (χ3v) is 4.13. The Labute approximate surface area is 146 Å². The summed E-state index contributed by atoms with van der Waals surface area (Å²) in [6, 6.07) is 13.1. The highest BCUT2D eigenvalue weighted by Gasteiger charge is 2.19. The second kappa shape index (κ2) is 7.02. The predicted octanol–water partition coefficient (Wildman–Crippen LogP) is 3.68. The molecule has 0 N–H and O–H groups in total. The molecule has 1 heterocycles. The van der Waals surface area contributed by atoms with E-state index in [1.807, 2.05) is 6.07 Å². The first kappa shape index (κ1) is 16.5. The zero-order valence-corrected chi connectivity index (χ0v) is 13.7. The first-order valence-electron chi connectivity index (χ1n) is 6.95. The van der Waals surface area contributed by atoms with Gasteiger partial charge in [0, 0.05) is 11.6 Å². The topological polar surface area (TPSA) is 115 Å². The number of hydrogen-bond donors (Lipinski definition) is 0. The van der Waals surface area contributed by atoms with E-state index in [2.05, 4.69) is 10.2 Å². The van der Waals surface area contributed by atoms with Gasteiger partial charge in [0.2, 0.25) is 5.89 Å². The molecule has 0 radical (unpaired) electrons. The Balaban J connectivity index is 1.86. The predicted molar refractivity (Wildman–Crippen MR) is 88.2 cm³/mol. The van der Waals surface area contributed by atoms with Gasteiger partial charge in [0.15, 0.2) is 0 Å². The van der Waals surface area contributed by atoms with Crippen LogP contribution in [0.5, 0.6) is 5.75 Å². The second-order valence-electron chi connectivity index (χ2n) is 4.76. The van der Waals surface area contributed by atoms with Crippen LogP contribution in [0.4, 0.5) is 5.69 Å². The number of methoxy groups -OCH3 is 1. The Morgan fingerprint density at radius 2 is 2.00 bits per heavy atom. The second-order valence-corrected chi connectivity index (χ2v) is 5.75. The summed E-state index contributed by atoms with van der Waals surface area (Å²) in [5.74, 6) is 0.993. The van der Waals surface area contributed by atoms with E-state index in [1.54, 1.807) is 31.4 Å². The summed E-state index contributed by atoms with van der Waals surface area (Å²) in [7, 11) is 1.57. The summed E-state index contributed by atoms with van der Waals surface area (Å²) >= 11 is 0.969. The maximum Gasteiger partial charge on any atom is 0.284 e. The summed E-state index contributed by atoms with van der Waals surface area (Å²) in [4.78, 5) is 10.9. The van der Waals surface area contributed by atoms with Crippen molar-refractivity contribution in [2.24, 2.45) is 0 Å². The van der Waals surface area contributed by atoms with Gasteiger partial charge in [0.25, 0.3) is 10.9 Å². The molecule has 0 amide bonds. The van der Waals surface area contributed by atoms with E-state index in [-0.39, 0.29) is 16.5 Å². The average Bonchev–Trinajstić information content (AvgIpc) is 3.10. The van der Waals surface area contributed by atoms with Crippen molar-refractivity contribution in [1.82, 2.24) is 10.2 Å². The van der Waals surface area contributed by atoms with Crippen molar-refractivity contribution < 1.29 is 14.1 Å². The first-order valence-corrected chi connectivity index (χ1v) is 7.76. The van der Waals surface area contributed by atoms with E-state index >= 15 is 0 Å². The summed E-state index contributed by atoms with van der Waals surface area (Å²) in [6.45, 7) is 0. The molecule has 3 aromatic rings. The van der Waals surface area contributed by atoms with Gasteiger partial charge in [-0.1, -0.05) is 0 Å².